The van der Waals surface area contributed by atoms with Crippen LogP contribution in [0.2, 0.25) is 0 Å². The van der Waals surface area contributed by atoms with Crippen LogP contribution in [-0.4, -0.2) is 18.3 Å². The highest BCUT2D eigenvalue weighted by molar-refractivity contribution is 5.28. The number of aliphatic hydroxyl groups excluding tert-OH is 1. The van der Waals surface area contributed by atoms with Gasteiger partial charge in [0.25, 0.3) is 0 Å². The highest BCUT2D eigenvalue weighted by Crippen LogP contribution is 2.16. The van der Waals surface area contributed by atoms with Crippen molar-refractivity contribution >= 4 is 0 Å². The first kappa shape index (κ1) is 14.5. The van der Waals surface area contributed by atoms with Crippen LogP contribution in [0, 0.1) is 11.6 Å². The summed E-state index contributed by atoms with van der Waals surface area (Å²) in [5, 5.41) is 9.98. The van der Waals surface area contributed by atoms with E-state index in [1.807, 2.05) is 12.1 Å². The van der Waals surface area contributed by atoms with Crippen LogP contribution < -0.4 is 4.74 Å². The zero-order valence-corrected chi connectivity index (χ0v) is 11.1. The van der Waals surface area contributed by atoms with Gasteiger partial charge in [0.1, 0.15) is 17.4 Å². The van der Waals surface area contributed by atoms with E-state index in [2.05, 4.69) is 0 Å². The molecule has 0 aliphatic carbocycles. The first-order valence-corrected chi connectivity index (χ1v) is 6.33. The first-order chi connectivity index (χ1) is 9.58. The fraction of sp³-hybridized carbons (Fsp3) is 0.250. The van der Waals surface area contributed by atoms with Crippen molar-refractivity contribution in [2.45, 2.75) is 18.9 Å². The van der Waals surface area contributed by atoms with Gasteiger partial charge in [-0.25, -0.2) is 8.78 Å². The summed E-state index contributed by atoms with van der Waals surface area (Å²) in [6, 6.07) is 10.5. The molecule has 2 rings (SSSR count). The molecule has 2 nitrogen and oxygen atoms in total. The highest BCUT2D eigenvalue weighted by atomic mass is 19.1. The van der Waals surface area contributed by atoms with Gasteiger partial charge in [0.2, 0.25) is 0 Å². The Kier molecular flexibility index (Phi) is 4.69. The van der Waals surface area contributed by atoms with E-state index in [9.17, 15) is 13.9 Å². The van der Waals surface area contributed by atoms with E-state index in [-0.39, 0.29) is 12.0 Å². The van der Waals surface area contributed by atoms with Crippen molar-refractivity contribution in [1.82, 2.24) is 0 Å². The summed E-state index contributed by atoms with van der Waals surface area (Å²) >= 11 is 0. The second-order valence-corrected chi connectivity index (χ2v) is 4.65. The number of halogens is 2. The minimum atomic E-state index is -0.764. The second-order valence-electron chi connectivity index (χ2n) is 4.65. The summed E-state index contributed by atoms with van der Waals surface area (Å²) in [5.74, 6) is -0.266. The van der Waals surface area contributed by atoms with E-state index in [1.54, 1.807) is 19.2 Å². The largest absolute Gasteiger partial charge is 0.497 e. The topological polar surface area (TPSA) is 29.5 Å². The first-order valence-electron chi connectivity index (χ1n) is 6.33. The van der Waals surface area contributed by atoms with Gasteiger partial charge in [0.05, 0.1) is 13.2 Å². The molecule has 0 saturated carbocycles. The normalized spacial score (nSPS) is 12.2. The Balaban J connectivity index is 2.00. The van der Waals surface area contributed by atoms with E-state index >= 15 is 0 Å². The molecule has 0 aliphatic heterocycles. The summed E-state index contributed by atoms with van der Waals surface area (Å²) in [6.45, 7) is 0. The van der Waals surface area contributed by atoms with Gasteiger partial charge in [-0.3, -0.25) is 0 Å². The molecule has 20 heavy (non-hydrogen) atoms. The predicted octanol–water partition coefficient (Wildman–Crippen LogP) is 3.12. The van der Waals surface area contributed by atoms with Crippen molar-refractivity contribution in [3.05, 3.63) is 65.2 Å². The van der Waals surface area contributed by atoms with Crippen molar-refractivity contribution in [3.8, 4) is 5.75 Å². The van der Waals surface area contributed by atoms with Crippen LogP contribution in [0.5, 0.6) is 5.75 Å². The third-order valence-corrected chi connectivity index (χ3v) is 3.09. The Bertz CT molecular complexity index is 567. The van der Waals surface area contributed by atoms with Gasteiger partial charge >= 0.3 is 0 Å². The van der Waals surface area contributed by atoms with Gasteiger partial charge < -0.3 is 9.84 Å². The molecule has 0 aliphatic rings. The fourth-order valence-electron chi connectivity index (χ4n) is 2.06. The minimum absolute atomic E-state index is 0.0790. The van der Waals surface area contributed by atoms with Gasteiger partial charge in [-0.05, 0) is 47.9 Å². The van der Waals surface area contributed by atoms with Crippen LogP contribution in [0.25, 0.3) is 0 Å². The zero-order valence-electron chi connectivity index (χ0n) is 11.1. The molecule has 1 unspecified atom stereocenters. The lowest BCUT2D eigenvalue weighted by atomic mass is 10.0. The molecule has 0 bridgehead atoms. The third-order valence-electron chi connectivity index (χ3n) is 3.09. The van der Waals surface area contributed by atoms with E-state index < -0.39 is 17.7 Å². The molecule has 1 N–H and O–H groups in total. The molecule has 106 valence electrons. The van der Waals surface area contributed by atoms with Gasteiger partial charge in [-0.15, -0.1) is 0 Å². The van der Waals surface area contributed by atoms with Crippen molar-refractivity contribution in [2.24, 2.45) is 0 Å². The molecule has 0 radical (unpaired) electrons. The predicted molar refractivity (Wildman–Crippen MR) is 72.8 cm³/mol. The average Bonchev–Trinajstić information content (AvgIpc) is 2.43. The SMILES string of the molecule is COc1ccc(CC(O)Cc2cc(F)ccc2F)cc1. The average molecular weight is 278 g/mol. The van der Waals surface area contributed by atoms with E-state index in [1.165, 1.54) is 0 Å². The molecule has 0 amide bonds. The molecule has 4 heteroatoms. The number of hydrogen-bond donors (Lipinski definition) is 1. The molecule has 1 atom stereocenters. The Labute approximate surface area is 116 Å². The maximum absolute atomic E-state index is 13.5. The summed E-state index contributed by atoms with van der Waals surface area (Å²) in [6.07, 6.45) is -0.310. The monoisotopic (exact) mass is 278 g/mol. The van der Waals surface area contributed by atoms with Crippen LogP contribution in [0.3, 0.4) is 0 Å². The maximum Gasteiger partial charge on any atom is 0.126 e. The summed E-state index contributed by atoms with van der Waals surface area (Å²) < 4.78 is 31.6. The van der Waals surface area contributed by atoms with Gasteiger partial charge in [-0.2, -0.15) is 0 Å². The Hall–Kier alpha value is -1.94. The number of ether oxygens (including phenoxy) is 1. The molecule has 2 aromatic rings. The van der Waals surface area contributed by atoms with Crippen molar-refractivity contribution < 1.29 is 18.6 Å². The second kappa shape index (κ2) is 6.48. The smallest absolute Gasteiger partial charge is 0.126 e. The molecule has 0 spiro atoms. The van der Waals surface area contributed by atoms with E-state index in [0.717, 1.165) is 29.5 Å². The van der Waals surface area contributed by atoms with Crippen LogP contribution in [-0.2, 0) is 12.8 Å². The summed E-state index contributed by atoms with van der Waals surface area (Å²) in [4.78, 5) is 0. The Morgan fingerprint density at radius 3 is 2.40 bits per heavy atom. The number of hydrogen-bond acceptors (Lipinski definition) is 2. The van der Waals surface area contributed by atoms with Crippen LogP contribution in [0.15, 0.2) is 42.5 Å². The van der Waals surface area contributed by atoms with Crippen LogP contribution in [0.4, 0.5) is 8.78 Å². The zero-order chi connectivity index (χ0) is 14.5. The molecule has 0 fully saturated rings. The standard InChI is InChI=1S/C16H16F2O2/c1-20-15-5-2-11(3-6-15)8-14(19)10-12-9-13(17)4-7-16(12)18/h2-7,9,14,19H,8,10H2,1H3. The van der Waals surface area contributed by atoms with Gasteiger partial charge in [0.15, 0.2) is 0 Å². The Morgan fingerprint density at radius 1 is 1.05 bits per heavy atom. The van der Waals surface area contributed by atoms with Crippen molar-refractivity contribution in [1.29, 1.82) is 0 Å². The van der Waals surface area contributed by atoms with Crippen molar-refractivity contribution in [3.63, 3.8) is 0 Å². The summed E-state index contributed by atoms with van der Waals surface area (Å²) in [5.41, 5.74) is 1.10. The van der Waals surface area contributed by atoms with Crippen molar-refractivity contribution in [2.75, 3.05) is 7.11 Å². The van der Waals surface area contributed by atoms with Gasteiger partial charge in [0, 0.05) is 6.42 Å². The molecule has 2 aromatic carbocycles. The van der Waals surface area contributed by atoms with Crippen LogP contribution in [0.1, 0.15) is 11.1 Å². The third kappa shape index (κ3) is 3.78. The maximum atomic E-state index is 13.5. The lowest BCUT2D eigenvalue weighted by molar-refractivity contribution is 0.174. The van der Waals surface area contributed by atoms with Crippen LogP contribution >= 0.6 is 0 Å². The summed E-state index contributed by atoms with van der Waals surface area (Å²) in [7, 11) is 1.58. The molecular formula is C16H16F2O2. The number of methoxy groups -OCH3 is 1. The minimum Gasteiger partial charge on any atom is -0.497 e. The number of rotatable bonds is 5. The Morgan fingerprint density at radius 2 is 1.75 bits per heavy atom. The quantitative estimate of drug-likeness (QED) is 0.910. The van der Waals surface area contributed by atoms with E-state index in [4.69, 9.17) is 4.74 Å². The fourth-order valence-corrected chi connectivity index (χ4v) is 2.06. The lowest BCUT2D eigenvalue weighted by Gasteiger charge is -2.12. The van der Waals surface area contributed by atoms with Gasteiger partial charge in [-0.1, -0.05) is 12.1 Å². The molecular weight excluding hydrogens is 262 g/mol. The molecule has 0 aromatic heterocycles. The lowest BCUT2D eigenvalue weighted by Crippen LogP contribution is -2.15. The highest BCUT2D eigenvalue weighted by Gasteiger charge is 2.11. The number of benzene rings is 2. The van der Waals surface area contributed by atoms with E-state index in [0.29, 0.717) is 6.42 Å². The molecule has 0 heterocycles. The number of aliphatic hydroxyl groups is 1. The molecule has 0 saturated heterocycles.